The number of aliphatic hydroxyl groups is 1. The highest BCUT2D eigenvalue weighted by molar-refractivity contribution is 6.17. The lowest BCUT2D eigenvalue weighted by Gasteiger charge is -2.08. The Labute approximate surface area is 88.8 Å². The summed E-state index contributed by atoms with van der Waals surface area (Å²) in [7, 11) is 0. The quantitative estimate of drug-likeness (QED) is 0.363. The van der Waals surface area contributed by atoms with E-state index >= 15 is 0 Å². The first-order chi connectivity index (χ1) is 6.54. The molecule has 5 nitrogen and oxygen atoms in total. The summed E-state index contributed by atoms with van der Waals surface area (Å²) in [5, 5.41) is 16.2. The van der Waals surface area contributed by atoms with Crippen LogP contribution in [0.25, 0.3) is 0 Å². The lowest BCUT2D eigenvalue weighted by atomic mass is 10.4. The molecule has 0 aliphatic heterocycles. The molecule has 1 unspecified atom stereocenters. The lowest BCUT2D eigenvalue weighted by Crippen LogP contribution is -2.12. The van der Waals surface area contributed by atoms with Crippen molar-refractivity contribution < 1.29 is 19.7 Å². The molecule has 0 saturated heterocycles. The number of unbranched alkanes of at least 4 members (excludes halogenated alkanes) is 1. The number of nitrogens with two attached hydrogens (primary N) is 1. The van der Waals surface area contributed by atoms with Crippen LogP contribution in [0.4, 0.5) is 4.79 Å². The third-order valence-electron chi connectivity index (χ3n) is 1.16. The molecular weight excluding hydrogens is 210 g/mol. The zero-order chi connectivity index (χ0) is 11.4. The molecule has 0 aromatic rings. The Balaban J connectivity index is 0. The molecule has 6 heteroatoms. The summed E-state index contributed by atoms with van der Waals surface area (Å²) < 4.78 is 4.99. The van der Waals surface area contributed by atoms with Gasteiger partial charge in [-0.1, -0.05) is 13.3 Å². The topological polar surface area (TPSA) is 92.8 Å². The Morgan fingerprint density at radius 1 is 1.64 bits per heavy atom. The predicted molar refractivity (Wildman–Crippen MR) is 54.4 cm³/mol. The lowest BCUT2D eigenvalue weighted by molar-refractivity contribution is -0.1000. The SMILES string of the molecule is CCCCOC(O)CCCl.NC(=O)O. The molecule has 14 heavy (non-hydrogen) atoms. The van der Waals surface area contributed by atoms with E-state index in [0.29, 0.717) is 18.9 Å². The van der Waals surface area contributed by atoms with E-state index in [1.165, 1.54) is 0 Å². The highest BCUT2D eigenvalue weighted by atomic mass is 35.5. The number of aliphatic hydroxyl groups excluding tert-OH is 1. The van der Waals surface area contributed by atoms with Crippen LogP contribution in [0, 0.1) is 0 Å². The van der Waals surface area contributed by atoms with Crippen LogP contribution < -0.4 is 5.73 Å². The fraction of sp³-hybridized carbons (Fsp3) is 0.875. The van der Waals surface area contributed by atoms with Crippen molar-refractivity contribution in [3.63, 3.8) is 0 Å². The van der Waals surface area contributed by atoms with Crippen LogP contribution in [0.5, 0.6) is 0 Å². The van der Waals surface area contributed by atoms with Crippen LogP contribution in [0.15, 0.2) is 0 Å². The van der Waals surface area contributed by atoms with Crippen LogP contribution in [-0.2, 0) is 4.74 Å². The van der Waals surface area contributed by atoms with Gasteiger partial charge in [0.25, 0.3) is 0 Å². The molecule has 0 aliphatic rings. The molecule has 0 saturated carbocycles. The minimum absolute atomic E-state index is 0.452. The second-order valence-corrected chi connectivity index (χ2v) is 2.87. The van der Waals surface area contributed by atoms with Gasteiger partial charge in [-0.3, -0.25) is 0 Å². The molecule has 0 radical (unpaired) electrons. The molecule has 1 atom stereocenters. The summed E-state index contributed by atoms with van der Waals surface area (Å²) in [4.78, 5) is 8.78. The second kappa shape index (κ2) is 12.5. The van der Waals surface area contributed by atoms with Crippen LogP contribution >= 0.6 is 11.6 Å². The van der Waals surface area contributed by atoms with Gasteiger partial charge in [-0.25, -0.2) is 4.79 Å². The van der Waals surface area contributed by atoms with Gasteiger partial charge in [-0.05, 0) is 6.42 Å². The second-order valence-electron chi connectivity index (χ2n) is 2.49. The van der Waals surface area contributed by atoms with E-state index in [2.05, 4.69) is 12.7 Å². The maximum absolute atomic E-state index is 8.97. The molecule has 0 aliphatic carbocycles. The number of hydrogen-bond donors (Lipinski definition) is 3. The monoisotopic (exact) mass is 227 g/mol. The average molecular weight is 228 g/mol. The summed E-state index contributed by atoms with van der Waals surface area (Å²) in [5.74, 6) is 0.452. The molecule has 86 valence electrons. The van der Waals surface area contributed by atoms with Crippen molar-refractivity contribution >= 4 is 17.7 Å². The summed E-state index contributed by atoms with van der Waals surface area (Å²) in [6.07, 6.45) is 0.613. The summed E-state index contributed by atoms with van der Waals surface area (Å²) in [5.41, 5.74) is 4.03. The molecule has 0 rings (SSSR count). The Morgan fingerprint density at radius 2 is 2.14 bits per heavy atom. The standard InChI is InChI=1S/C7H15ClO2.CH3NO2/c1-2-3-6-10-7(9)4-5-8;2-1(3)4/h7,9H,2-6H2,1H3;2H2,(H,3,4). The predicted octanol–water partition coefficient (Wildman–Crippen LogP) is 1.37. The van der Waals surface area contributed by atoms with E-state index in [0.717, 1.165) is 12.8 Å². The Kier molecular flexibility index (Phi) is 14.2. The number of rotatable bonds is 6. The van der Waals surface area contributed by atoms with Crippen molar-refractivity contribution in [2.45, 2.75) is 32.5 Å². The van der Waals surface area contributed by atoms with Crippen LogP contribution in [0.2, 0.25) is 0 Å². The van der Waals surface area contributed by atoms with Crippen LogP contribution in [0.1, 0.15) is 26.2 Å². The average Bonchev–Trinajstić information content (AvgIpc) is 2.04. The summed E-state index contributed by atoms with van der Waals surface area (Å²) >= 11 is 5.37. The van der Waals surface area contributed by atoms with Crippen LogP contribution in [0.3, 0.4) is 0 Å². The molecule has 0 fully saturated rings. The molecule has 0 aromatic heterocycles. The summed E-state index contributed by atoms with van der Waals surface area (Å²) in [6.45, 7) is 2.71. The number of carboxylic acid groups (broad SMARTS) is 1. The first-order valence-corrected chi connectivity index (χ1v) is 4.92. The molecule has 4 N–H and O–H groups in total. The highest BCUT2D eigenvalue weighted by Gasteiger charge is 2.00. The first-order valence-electron chi connectivity index (χ1n) is 4.38. The fourth-order valence-corrected chi connectivity index (χ4v) is 0.727. The van der Waals surface area contributed by atoms with E-state index in [9.17, 15) is 0 Å². The number of alkyl halides is 1. The number of hydrogen-bond acceptors (Lipinski definition) is 3. The van der Waals surface area contributed by atoms with Crippen molar-refractivity contribution in [3.8, 4) is 0 Å². The van der Waals surface area contributed by atoms with Gasteiger partial charge in [-0.15, -0.1) is 11.6 Å². The van der Waals surface area contributed by atoms with Gasteiger partial charge in [0.1, 0.15) is 0 Å². The Bertz CT molecular complexity index is 131. The number of primary amides is 1. The Hall–Kier alpha value is -0.520. The normalized spacial score (nSPS) is 11.4. The zero-order valence-electron chi connectivity index (χ0n) is 8.28. The summed E-state index contributed by atoms with van der Waals surface area (Å²) in [6, 6.07) is 0. The smallest absolute Gasteiger partial charge is 0.402 e. The van der Waals surface area contributed by atoms with E-state index < -0.39 is 12.4 Å². The maximum Gasteiger partial charge on any atom is 0.402 e. The van der Waals surface area contributed by atoms with Crippen molar-refractivity contribution in [3.05, 3.63) is 0 Å². The van der Waals surface area contributed by atoms with E-state index in [1.807, 2.05) is 0 Å². The molecule has 0 bridgehead atoms. The minimum Gasteiger partial charge on any atom is -0.465 e. The van der Waals surface area contributed by atoms with Gasteiger partial charge in [0, 0.05) is 18.9 Å². The van der Waals surface area contributed by atoms with Gasteiger partial charge in [0.2, 0.25) is 0 Å². The van der Waals surface area contributed by atoms with E-state index in [1.54, 1.807) is 0 Å². The van der Waals surface area contributed by atoms with Gasteiger partial charge < -0.3 is 20.7 Å². The van der Waals surface area contributed by atoms with Gasteiger partial charge >= 0.3 is 6.09 Å². The van der Waals surface area contributed by atoms with E-state index in [-0.39, 0.29) is 0 Å². The number of amides is 1. The van der Waals surface area contributed by atoms with Gasteiger partial charge in [-0.2, -0.15) is 0 Å². The minimum atomic E-state index is -1.33. The van der Waals surface area contributed by atoms with Crippen molar-refractivity contribution in [1.29, 1.82) is 0 Å². The molecule has 0 spiro atoms. The highest BCUT2D eigenvalue weighted by Crippen LogP contribution is 1.97. The molecule has 0 heterocycles. The van der Waals surface area contributed by atoms with Crippen molar-refractivity contribution in [1.82, 2.24) is 0 Å². The van der Waals surface area contributed by atoms with Gasteiger partial charge in [0.05, 0.1) is 0 Å². The van der Waals surface area contributed by atoms with Crippen molar-refractivity contribution in [2.24, 2.45) is 5.73 Å². The maximum atomic E-state index is 8.97. The molecular formula is C8H18ClNO4. The molecule has 1 amide bonds. The first kappa shape index (κ1) is 15.9. The van der Waals surface area contributed by atoms with Crippen molar-refractivity contribution in [2.75, 3.05) is 12.5 Å². The number of halogens is 1. The molecule has 0 aromatic carbocycles. The van der Waals surface area contributed by atoms with Gasteiger partial charge in [0.15, 0.2) is 6.29 Å². The number of ether oxygens (including phenoxy) is 1. The third kappa shape index (κ3) is 22.5. The number of carbonyl (C=O) groups is 1. The van der Waals surface area contributed by atoms with Crippen LogP contribution in [-0.4, -0.2) is 35.1 Å². The Morgan fingerprint density at radius 3 is 2.50 bits per heavy atom. The third-order valence-corrected chi connectivity index (χ3v) is 1.38. The largest absolute Gasteiger partial charge is 0.465 e. The zero-order valence-corrected chi connectivity index (χ0v) is 9.04. The van der Waals surface area contributed by atoms with E-state index in [4.69, 9.17) is 31.3 Å². The fourth-order valence-electron chi connectivity index (χ4n) is 0.540.